The summed E-state index contributed by atoms with van der Waals surface area (Å²) in [5.74, 6) is -0.0928. The van der Waals surface area contributed by atoms with Crippen molar-refractivity contribution in [2.75, 3.05) is 53.4 Å². The zero-order chi connectivity index (χ0) is 25.4. The van der Waals surface area contributed by atoms with Gasteiger partial charge in [-0.25, -0.2) is 4.79 Å². The van der Waals surface area contributed by atoms with E-state index in [1.54, 1.807) is 17.0 Å². The molecule has 0 aromatic heterocycles. The second kappa shape index (κ2) is 10.1. The molecule has 1 aromatic rings. The molecule has 0 unspecified atom stereocenters. The number of phenolic OH excluding ortho intramolecular Hbond substituents is 1. The van der Waals surface area contributed by atoms with Crippen LogP contribution in [0.1, 0.15) is 57.1 Å². The number of aromatic hydroxyl groups is 1. The van der Waals surface area contributed by atoms with Gasteiger partial charge in [0.15, 0.2) is 0 Å². The summed E-state index contributed by atoms with van der Waals surface area (Å²) in [6, 6.07) is 5.06. The summed E-state index contributed by atoms with van der Waals surface area (Å²) in [6.45, 7) is 7.76. The van der Waals surface area contributed by atoms with Gasteiger partial charge in [-0.1, -0.05) is 6.07 Å². The lowest BCUT2D eigenvalue weighted by molar-refractivity contribution is -0.165. The van der Waals surface area contributed by atoms with Crippen molar-refractivity contribution in [1.29, 1.82) is 0 Å². The Balaban J connectivity index is 1.80. The lowest BCUT2D eigenvalue weighted by Gasteiger charge is -2.62. The van der Waals surface area contributed by atoms with Crippen molar-refractivity contribution < 1.29 is 19.8 Å². The molecule has 0 spiro atoms. The number of rotatable bonds is 6. The number of benzene rings is 1. The third kappa shape index (κ3) is 4.45. The number of amides is 3. The predicted octanol–water partition coefficient (Wildman–Crippen LogP) is 2.42. The summed E-state index contributed by atoms with van der Waals surface area (Å²) < 4.78 is 0. The molecular formula is C27H42N4O4. The second-order valence-corrected chi connectivity index (χ2v) is 10.8. The van der Waals surface area contributed by atoms with Crippen LogP contribution in [0.15, 0.2) is 18.2 Å². The summed E-state index contributed by atoms with van der Waals surface area (Å²) in [5, 5.41) is 23.1. The van der Waals surface area contributed by atoms with E-state index in [4.69, 9.17) is 0 Å². The fourth-order valence-corrected chi connectivity index (χ4v) is 6.86. The van der Waals surface area contributed by atoms with E-state index in [0.717, 1.165) is 37.2 Å². The molecule has 3 amide bonds. The molecule has 2 bridgehead atoms. The van der Waals surface area contributed by atoms with Crippen LogP contribution in [-0.4, -0.2) is 107 Å². The van der Waals surface area contributed by atoms with Gasteiger partial charge in [0.2, 0.25) is 5.91 Å². The molecule has 0 saturated carbocycles. The molecular weight excluding hydrogens is 444 g/mol. The minimum atomic E-state index is -1.13. The highest BCUT2D eigenvalue weighted by atomic mass is 16.3. The molecule has 1 aliphatic carbocycles. The first-order valence-corrected chi connectivity index (χ1v) is 13.2. The lowest BCUT2D eigenvalue weighted by Crippen LogP contribution is -2.72. The minimum absolute atomic E-state index is 0.0686. The van der Waals surface area contributed by atoms with Gasteiger partial charge in [0.25, 0.3) is 0 Å². The van der Waals surface area contributed by atoms with E-state index in [2.05, 4.69) is 23.9 Å². The summed E-state index contributed by atoms with van der Waals surface area (Å²) in [6.07, 6.45) is 3.57. The summed E-state index contributed by atoms with van der Waals surface area (Å²) in [7, 11) is 4.15. The number of piperidine rings is 1. The van der Waals surface area contributed by atoms with Crippen molar-refractivity contribution >= 4 is 11.9 Å². The van der Waals surface area contributed by atoms with Crippen molar-refractivity contribution in [2.45, 2.75) is 69.4 Å². The number of hydrogen-bond donors (Lipinski definition) is 2. The number of urea groups is 1. The Morgan fingerprint density at radius 3 is 2.57 bits per heavy atom. The Morgan fingerprint density at radius 2 is 1.89 bits per heavy atom. The molecule has 3 aliphatic rings. The van der Waals surface area contributed by atoms with Crippen molar-refractivity contribution in [3.05, 3.63) is 29.3 Å². The maximum absolute atomic E-state index is 13.7. The average molecular weight is 487 g/mol. The van der Waals surface area contributed by atoms with Gasteiger partial charge < -0.3 is 20.0 Å². The Bertz CT molecular complexity index is 953. The topological polar surface area (TPSA) is 87.6 Å². The van der Waals surface area contributed by atoms with Crippen LogP contribution < -0.4 is 0 Å². The van der Waals surface area contributed by atoms with Gasteiger partial charge in [0.05, 0.1) is 5.60 Å². The van der Waals surface area contributed by atoms with Gasteiger partial charge in [0, 0.05) is 37.5 Å². The van der Waals surface area contributed by atoms with Gasteiger partial charge in [-0.3, -0.25) is 14.6 Å². The van der Waals surface area contributed by atoms with Crippen LogP contribution in [0, 0.1) is 0 Å². The van der Waals surface area contributed by atoms with E-state index in [1.165, 1.54) is 4.90 Å². The quantitative estimate of drug-likeness (QED) is 0.642. The second-order valence-electron chi connectivity index (χ2n) is 10.8. The number of carbonyl (C=O) groups is 2. The molecule has 2 heterocycles. The molecule has 8 nitrogen and oxygen atoms in total. The summed E-state index contributed by atoms with van der Waals surface area (Å²) >= 11 is 0. The van der Waals surface area contributed by atoms with E-state index < -0.39 is 11.0 Å². The predicted molar refractivity (Wildman–Crippen MR) is 135 cm³/mol. The highest BCUT2D eigenvalue weighted by Gasteiger charge is 2.63. The molecule has 2 N–H and O–H groups in total. The molecule has 2 aliphatic heterocycles. The Morgan fingerprint density at radius 1 is 1.11 bits per heavy atom. The van der Waals surface area contributed by atoms with Crippen molar-refractivity contribution in [3.63, 3.8) is 0 Å². The number of phenols is 1. The van der Waals surface area contributed by atoms with Crippen LogP contribution in [0.25, 0.3) is 0 Å². The fourth-order valence-electron chi connectivity index (χ4n) is 6.86. The van der Waals surface area contributed by atoms with E-state index in [-0.39, 0.29) is 30.2 Å². The highest BCUT2D eigenvalue weighted by molar-refractivity contribution is 5.95. The largest absolute Gasteiger partial charge is 0.508 e. The number of imide groups is 1. The zero-order valence-electron chi connectivity index (χ0n) is 21.8. The third-order valence-electron chi connectivity index (χ3n) is 8.66. The molecule has 4 rings (SSSR count). The fraction of sp³-hybridized carbons (Fsp3) is 0.704. The zero-order valence-corrected chi connectivity index (χ0v) is 21.8. The molecule has 2 fully saturated rings. The number of hydrogen-bond acceptors (Lipinski definition) is 6. The number of likely N-dealkylation sites (tertiary alicyclic amines) is 1. The maximum atomic E-state index is 13.7. The molecule has 194 valence electrons. The SMILES string of the molecule is CCN1CCC[C@@]2(O)[C@H]3Cc4ccc(O)cc4[C@@]2(CCN3CCCN(C)C)CC(=O)N(CC)C1=O. The molecule has 2 saturated heterocycles. The number of aliphatic hydroxyl groups is 1. The van der Waals surface area contributed by atoms with E-state index in [0.29, 0.717) is 45.3 Å². The maximum Gasteiger partial charge on any atom is 0.326 e. The Hall–Kier alpha value is -2.16. The third-order valence-corrected chi connectivity index (χ3v) is 8.66. The summed E-state index contributed by atoms with van der Waals surface area (Å²) in [5.41, 5.74) is 0.0124. The Kier molecular flexibility index (Phi) is 7.46. The average Bonchev–Trinajstić information content (AvgIpc) is 2.80. The van der Waals surface area contributed by atoms with Crippen LogP contribution in [0.5, 0.6) is 5.75 Å². The standard InChI is InChI=1S/C27H42N4O4/c1-5-29-14-7-11-27(35)23-17-20-9-10-21(32)18-22(20)26(27,19-24(33)31(6-2)25(29)34)12-16-30(23)15-8-13-28(3)4/h9-10,18,23,32,35H,5-8,11-17,19H2,1-4H3/t23-,26-,27-/m1/s1. The first-order chi connectivity index (χ1) is 16.7. The minimum Gasteiger partial charge on any atom is -0.508 e. The van der Waals surface area contributed by atoms with Gasteiger partial charge in [0.1, 0.15) is 5.75 Å². The summed E-state index contributed by atoms with van der Waals surface area (Å²) in [4.78, 5) is 34.6. The number of nitrogens with zero attached hydrogens (tertiary/aromatic N) is 4. The van der Waals surface area contributed by atoms with Gasteiger partial charge in [-0.2, -0.15) is 0 Å². The Labute approximate surface area is 209 Å². The molecule has 8 heteroatoms. The smallest absolute Gasteiger partial charge is 0.326 e. The van der Waals surface area contributed by atoms with Crippen molar-refractivity contribution in [1.82, 2.24) is 19.6 Å². The number of fused-ring (bicyclic) bond motifs is 1. The lowest BCUT2D eigenvalue weighted by atomic mass is 9.52. The van der Waals surface area contributed by atoms with Crippen LogP contribution in [-0.2, 0) is 16.6 Å². The van der Waals surface area contributed by atoms with Gasteiger partial charge in [-0.15, -0.1) is 0 Å². The normalized spacial score (nSPS) is 29.8. The van der Waals surface area contributed by atoms with E-state index in [1.807, 2.05) is 19.9 Å². The number of carbonyl (C=O) groups excluding carboxylic acids is 2. The van der Waals surface area contributed by atoms with Crippen LogP contribution in [0.2, 0.25) is 0 Å². The van der Waals surface area contributed by atoms with Crippen molar-refractivity contribution in [3.8, 4) is 5.75 Å². The van der Waals surface area contributed by atoms with Crippen LogP contribution >= 0.6 is 0 Å². The molecule has 1 aromatic carbocycles. The van der Waals surface area contributed by atoms with E-state index >= 15 is 0 Å². The van der Waals surface area contributed by atoms with E-state index in [9.17, 15) is 19.8 Å². The molecule has 0 radical (unpaired) electrons. The van der Waals surface area contributed by atoms with Gasteiger partial charge >= 0.3 is 6.03 Å². The van der Waals surface area contributed by atoms with Crippen molar-refractivity contribution in [2.24, 2.45) is 0 Å². The molecule has 3 atom stereocenters. The monoisotopic (exact) mass is 486 g/mol. The highest BCUT2D eigenvalue weighted by Crippen LogP contribution is 2.56. The van der Waals surface area contributed by atoms with Gasteiger partial charge in [-0.05, 0) is 103 Å². The van der Waals surface area contributed by atoms with Crippen LogP contribution in [0.3, 0.4) is 0 Å². The molecule has 35 heavy (non-hydrogen) atoms. The first-order valence-electron chi connectivity index (χ1n) is 13.2. The van der Waals surface area contributed by atoms with Crippen LogP contribution in [0.4, 0.5) is 4.79 Å². The first kappa shape index (κ1) is 25.9.